The van der Waals surface area contributed by atoms with Crippen molar-refractivity contribution in [3.63, 3.8) is 0 Å². The normalized spacial score (nSPS) is 45.6. The summed E-state index contributed by atoms with van der Waals surface area (Å²) in [6.07, 6.45) is 8.25. The van der Waals surface area contributed by atoms with Gasteiger partial charge in [-0.15, -0.1) is 11.3 Å². The molecule has 3 N–H and O–H groups in total. The van der Waals surface area contributed by atoms with Gasteiger partial charge in [0.05, 0.1) is 49.7 Å². The highest BCUT2D eigenvalue weighted by atomic mass is 32.1. The maximum absolute atomic E-state index is 13.3. The van der Waals surface area contributed by atoms with E-state index in [1.165, 1.54) is 5.57 Å². The van der Waals surface area contributed by atoms with E-state index in [0.717, 1.165) is 49.2 Å². The molecule has 1 aromatic heterocycles. The highest BCUT2D eigenvalue weighted by molar-refractivity contribution is 7.09. The highest BCUT2D eigenvalue weighted by Crippen LogP contribution is 2.75. The number of methoxy groups -OCH3 is 1. The molecule has 4 fully saturated rings. The van der Waals surface area contributed by atoms with E-state index in [1.807, 2.05) is 14.0 Å². The zero-order chi connectivity index (χ0) is 32.7. The van der Waals surface area contributed by atoms with Crippen molar-refractivity contribution in [1.29, 1.82) is 0 Å². The average molecular weight is 643 g/mol. The number of aliphatic carboxylic acids is 1. The molecule has 1 saturated heterocycles. The van der Waals surface area contributed by atoms with E-state index in [-0.39, 0.29) is 51.2 Å². The number of carboxylic acids is 1. The molecule has 0 amide bonds. The molecule has 0 aromatic carbocycles. The lowest BCUT2D eigenvalue weighted by Gasteiger charge is -2.71. The van der Waals surface area contributed by atoms with E-state index in [9.17, 15) is 9.90 Å². The van der Waals surface area contributed by atoms with E-state index in [0.29, 0.717) is 43.5 Å². The van der Waals surface area contributed by atoms with Crippen molar-refractivity contribution in [2.75, 3.05) is 20.3 Å². The third-order valence-corrected chi connectivity index (χ3v) is 15.8. The van der Waals surface area contributed by atoms with Gasteiger partial charge in [0.2, 0.25) is 0 Å². The second kappa shape index (κ2) is 11.4. The van der Waals surface area contributed by atoms with Gasteiger partial charge in [-0.3, -0.25) is 4.79 Å². The predicted molar refractivity (Wildman–Crippen MR) is 178 cm³/mol. The van der Waals surface area contributed by atoms with Crippen molar-refractivity contribution in [3.8, 4) is 0 Å². The van der Waals surface area contributed by atoms with Crippen molar-refractivity contribution in [3.05, 3.63) is 27.7 Å². The monoisotopic (exact) mass is 642 g/mol. The Kier molecular flexibility index (Phi) is 8.50. The minimum atomic E-state index is -0.610. The Bertz CT molecular complexity index is 1330. The molecule has 2 bridgehead atoms. The average Bonchev–Trinajstić information content (AvgIpc) is 3.45. The van der Waals surface area contributed by atoms with Crippen LogP contribution in [0.5, 0.6) is 0 Å². The molecule has 0 radical (unpaired) electrons. The fourth-order valence-electron chi connectivity index (χ4n) is 11.9. The van der Waals surface area contributed by atoms with Crippen LogP contribution in [0, 0.1) is 56.7 Å². The fraction of sp³-hybridized carbons (Fsp3) is 0.838. The number of ether oxygens (including phenoxy) is 3. The minimum absolute atomic E-state index is 0.0595. The quantitative estimate of drug-likeness (QED) is 0.281. The second-order valence-electron chi connectivity index (χ2n) is 17.0. The third-order valence-electron chi connectivity index (χ3n) is 14.7. The predicted octanol–water partition coefficient (Wildman–Crippen LogP) is 7.65. The summed E-state index contributed by atoms with van der Waals surface area (Å²) < 4.78 is 19.7. The van der Waals surface area contributed by atoms with E-state index in [2.05, 4.69) is 59.9 Å². The van der Waals surface area contributed by atoms with Gasteiger partial charge in [-0.1, -0.05) is 60.1 Å². The van der Waals surface area contributed by atoms with Gasteiger partial charge in [-0.05, 0) is 85.4 Å². The number of nitrogens with two attached hydrogens (primary N) is 1. The van der Waals surface area contributed by atoms with Crippen LogP contribution in [0.2, 0.25) is 0 Å². The standard InChI is InChI=1S/C37H58N2O5S/c1-21(2)22(3)33(5)14-15-35(7)25-10-11-28-34(6)19-43-20-37(28,26(25)12-13-36(35,8)29(33)32(40)41)16-27(42-9)30(34)44-17-24-18-45-31(39-24)23(4)38/h12,18,21-23,25,27-30H,10-11,13-17,19-20,38H2,1-9H3,(H,40,41)/t22-,23+,25+,27-,28?,29-,30+,33-,34?,35-,36+,37+/m1/s1. The Morgan fingerprint density at radius 3 is 2.49 bits per heavy atom. The van der Waals surface area contributed by atoms with Gasteiger partial charge >= 0.3 is 5.97 Å². The Balaban J connectivity index is 1.35. The van der Waals surface area contributed by atoms with E-state index in [4.69, 9.17) is 24.9 Å². The lowest BCUT2D eigenvalue weighted by molar-refractivity contribution is -0.269. The molecule has 12 atom stereocenters. The molecule has 1 aliphatic heterocycles. The molecule has 6 rings (SSSR count). The summed E-state index contributed by atoms with van der Waals surface area (Å²) in [6, 6.07) is -0.0833. The highest BCUT2D eigenvalue weighted by Gasteiger charge is 2.71. The Hall–Kier alpha value is -1.32. The van der Waals surface area contributed by atoms with Gasteiger partial charge < -0.3 is 25.1 Å². The third kappa shape index (κ3) is 4.69. The van der Waals surface area contributed by atoms with Crippen LogP contribution in [0.3, 0.4) is 0 Å². The molecule has 252 valence electrons. The SMILES string of the molecule is CO[C@@H]1C[C@@]23COCC(C)(C2CC[C@H]2C3=CC[C@@]3(C)[C@H](C(=O)O)[C@@](C)([C@H](C)C(C)C)CC[C@]23C)[C@H]1OCc1csc([C@H](C)N)n1. The molecule has 3 saturated carbocycles. The van der Waals surface area contributed by atoms with Gasteiger partial charge in [-0.2, -0.15) is 0 Å². The van der Waals surface area contributed by atoms with Gasteiger partial charge in [0.1, 0.15) is 5.01 Å². The lowest BCUT2D eigenvalue weighted by Crippen LogP contribution is -2.70. The van der Waals surface area contributed by atoms with Crippen molar-refractivity contribution in [2.24, 2.45) is 62.4 Å². The number of fused-ring (bicyclic) bond motifs is 3. The number of hydrogen-bond acceptors (Lipinski definition) is 7. The topological polar surface area (TPSA) is 104 Å². The summed E-state index contributed by atoms with van der Waals surface area (Å²) >= 11 is 1.59. The smallest absolute Gasteiger partial charge is 0.307 e. The van der Waals surface area contributed by atoms with Crippen molar-refractivity contribution < 1.29 is 24.1 Å². The van der Waals surface area contributed by atoms with Crippen LogP contribution in [0.1, 0.15) is 111 Å². The van der Waals surface area contributed by atoms with Gasteiger partial charge in [0.25, 0.3) is 0 Å². The number of hydrogen-bond donors (Lipinski definition) is 2. The first kappa shape index (κ1) is 33.6. The molecular weight excluding hydrogens is 584 g/mol. The Morgan fingerprint density at radius 2 is 1.87 bits per heavy atom. The number of nitrogens with zero attached hydrogens (tertiary/aromatic N) is 1. The second-order valence-corrected chi connectivity index (χ2v) is 17.9. The largest absolute Gasteiger partial charge is 0.481 e. The van der Waals surface area contributed by atoms with Crippen molar-refractivity contribution in [2.45, 2.75) is 119 Å². The lowest BCUT2D eigenvalue weighted by atomic mass is 9.34. The maximum Gasteiger partial charge on any atom is 0.307 e. The summed E-state index contributed by atoms with van der Waals surface area (Å²) in [7, 11) is 1.83. The summed E-state index contributed by atoms with van der Waals surface area (Å²) in [5, 5.41) is 13.9. The number of allylic oxidation sites excluding steroid dienone is 1. The minimum Gasteiger partial charge on any atom is -0.481 e. The molecule has 2 unspecified atom stereocenters. The molecule has 1 aromatic rings. The van der Waals surface area contributed by atoms with Crippen LogP contribution in [-0.2, 0) is 25.6 Å². The van der Waals surface area contributed by atoms with Crippen molar-refractivity contribution in [1.82, 2.24) is 4.98 Å². The van der Waals surface area contributed by atoms with Crippen LogP contribution in [-0.4, -0.2) is 48.6 Å². The first-order chi connectivity index (χ1) is 21.1. The molecule has 7 nitrogen and oxygen atoms in total. The maximum atomic E-state index is 13.3. The fourth-order valence-corrected chi connectivity index (χ4v) is 12.6. The zero-order valence-electron chi connectivity index (χ0n) is 29.2. The van der Waals surface area contributed by atoms with E-state index >= 15 is 0 Å². The van der Waals surface area contributed by atoms with Crippen LogP contribution >= 0.6 is 11.3 Å². The van der Waals surface area contributed by atoms with Gasteiger partial charge in [0, 0.05) is 23.3 Å². The molecule has 8 heteroatoms. The molecule has 5 aliphatic rings. The molecule has 4 aliphatic carbocycles. The Labute approximate surface area is 275 Å². The van der Waals surface area contributed by atoms with Crippen LogP contribution in [0.4, 0.5) is 0 Å². The number of rotatable bonds is 8. The Morgan fingerprint density at radius 1 is 1.13 bits per heavy atom. The number of carbonyl (C=O) groups is 1. The van der Waals surface area contributed by atoms with Crippen LogP contribution in [0.15, 0.2) is 17.0 Å². The number of thiazole rings is 1. The first-order valence-electron chi connectivity index (χ1n) is 17.4. The van der Waals surface area contributed by atoms with E-state index in [1.54, 1.807) is 11.3 Å². The number of carboxylic acid groups (broad SMARTS) is 1. The van der Waals surface area contributed by atoms with Gasteiger partial charge in [-0.25, -0.2) is 4.98 Å². The van der Waals surface area contributed by atoms with Crippen molar-refractivity contribution >= 4 is 17.3 Å². The number of aromatic nitrogens is 1. The van der Waals surface area contributed by atoms with Crippen LogP contribution in [0.25, 0.3) is 0 Å². The molecular formula is C37H58N2O5S. The summed E-state index contributed by atoms with van der Waals surface area (Å²) in [5.41, 5.74) is 7.57. The summed E-state index contributed by atoms with van der Waals surface area (Å²) in [5.74, 6) is 0.550. The molecule has 2 heterocycles. The molecule has 45 heavy (non-hydrogen) atoms. The zero-order valence-corrected chi connectivity index (χ0v) is 30.0. The van der Waals surface area contributed by atoms with E-state index < -0.39 is 5.97 Å². The van der Waals surface area contributed by atoms with Gasteiger partial charge in [0.15, 0.2) is 0 Å². The summed E-state index contributed by atoms with van der Waals surface area (Å²) in [6.45, 7) is 20.0. The van der Waals surface area contributed by atoms with Crippen LogP contribution < -0.4 is 5.73 Å². The summed E-state index contributed by atoms with van der Waals surface area (Å²) in [4.78, 5) is 18.1. The molecule has 0 spiro atoms. The first-order valence-corrected chi connectivity index (χ1v) is 18.3.